The van der Waals surface area contributed by atoms with Gasteiger partial charge in [0.1, 0.15) is 7.14 Å². The minimum atomic E-state index is -2.20. The van der Waals surface area contributed by atoms with E-state index >= 15 is 0 Å². The van der Waals surface area contributed by atoms with Crippen molar-refractivity contribution in [2.75, 3.05) is 13.3 Å². The van der Waals surface area contributed by atoms with Gasteiger partial charge in [-0.15, -0.1) is 0 Å². The van der Waals surface area contributed by atoms with Crippen LogP contribution in [0.2, 0.25) is 0 Å². The molecule has 1 aromatic carbocycles. The van der Waals surface area contributed by atoms with Crippen molar-refractivity contribution in [3.63, 3.8) is 0 Å². The monoisotopic (exact) mass is 222 g/mol. The lowest BCUT2D eigenvalue weighted by molar-refractivity contribution is 0.588. The first-order valence-corrected chi connectivity index (χ1v) is 7.50. The molecule has 0 amide bonds. The zero-order valence-electron chi connectivity index (χ0n) is 9.46. The van der Waals surface area contributed by atoms with E-state index in [0.717, 1.165) is 27.5 Å². The van der Waals surface area contributed by atoms with Gasteiger partial charge in [0.25, 0.3) is 0 Å². The zero-order chi connectivity index (χ0) is 11.2. The molecule has 0 radical (unpaired) electrons. The Morgan fingerprint density at radius 2 is 1.93 bits per heavy atom. The molecule has 0 spiro atoms. The molecular formula is C11H15N2OP. The lowest BCUT2D eigenvalue weighted by atomic mass is 10.1. The average Bonchev–Trinajstić information content (AvgIpc) is 2.44. The quantitative estimate of drug-likeness (QED) is 0.753. The Morgan fingerprint density at radius 1 is 1.27 bits per heavy atom. The van der Waals surface area contributed by atoms with Crippen molar-refractivity contribution in [2.24, 2.45) is 0 Å². The highest BCUT2D eigenvalue weighted by atomic mass is 31.2. The van der Waals surface area contributed by atoms with Crippen molar-refractivity contribution < 1.29 is 4.57 Å². The van der Waals surface area contributed by atoms with Gasteiger partial charge in [-0.2, -0.15) is 5.10 Å². The van der Waals surface area contributed by atoms with E-state index < -0.39 is 7.14 Å². The number of aryl methyl sites for hydroxylation is 2. The number of rotatable bonds is 1. The van der Waals surface area contributed by atoms with Crippen LogP contribution in [0.25, 0.3) is 10.9 Å². The van der Waals surface area contributed by atoms with Gasteiger partial charge in [-0.1, -0.05) is 0 Å². The Balaban J connectivity index is 2.82. The van der Waals surface area contributed by atoms with Crippen LogP contribution in [0.3, 0.4) is 0 Å². The number of nitrogens with zero attached hydrogens (tertiary/aromatic N) is 1. The molecule has 0 bridgehead atoms. The minimum absolute atomic E-state index is 0.946. The Bertz CT molecular complexity index is 565. The molecular weight excluding hydrogens is 207 g/mol. The number of H-pyrrole nitrogens is 1. The number of aromatic amines is 1. The highest BCUT2D eigenvalue weighted by Crippen LogP contribution is 2.37. The number of fused-ring (bicyclic) bond motifs is 1. The number of hydrogen-bond donors (Lipinski definition) is 1. The molecule has 0 fully saturated rings. The third-order valence-corrected chi connectivity index (χ3v) is 4.28. The molecule has 1 aromatic heterocycles. The molecule has 3 nitrogen and oxygen atoms in total. The van der Waals surface area contributed by atoms with E-state index in [2.05, 4.69) is 10.2 Å². The van der Waals surface area contributed by atoms with Crippen LogP contribution in [-0.2, 0) is 4.57 Å². The van der Waals surface area contributed by atoms with Gasteiger partial charge in [0.2, 0.25) is 0 Å². The fourth-order valence-electron chi connectivity index (χ4n) is 1.86. The highest BCUT2D eigenvalue weighted by Gasteiger charge is 2.16. The summed E-state index contributed by atoms with van der Waals surface area (Å²) >= 11 is 0. The van der Waals surface area contributed by atoms with Crippen molar-refractivity contribution in [3.8, 4) is 0 Å². The number of nitrogens with one attached hydrogen (secondary N) is 1. The first-order valence-electron chi connectivity index (χ1n) is 4.90. The molecule has 4 heteroatoms. The summed E-state index contributed by atoms with van der Waals surface area (Å²) in [6.45, 7) is 7.57. The predicted molar refractivity (Wildman–Crippen MR) is 64.7 cm³/mol. The Morgan fingerprint density at radius 3 is 2.53 bits per heavy atom. The third-order valence-electron chi connectivity index (χ3n) is 2.64. The first-order chi connectivity index (χ1) is 6.89. The van der Waals surface area contributed by atoms with Crippen LogP contribution in [0, 0.1) is 13.8 Å². The van der Waals surface area contributed by atoms with Crippen molar-refractivity contribution in [2.45, 2.75) is 13.8 Å². The van der Waals surface area contributed by atoms with Crippen LogP contribution < -0.4 is 5.30 Å². The molecule has 1 N–H and O–H groups in total. The van der Waals surface area contributed by atoms with E-state index in [0.29, 0.717) is 0 Å². The van der Waals surface area contributed by atoms with Gasteiger partial charge in [0.05, 0.1) is 5.52 Å². The third kappa shape index (κ3) is 1.72. The van der Waals surface area contributed by atoms with Gasteiger partial charge in [-0.05, 0) is 44.9 Å². The van der Waals surface area contributed by atoms with E-state index in [1.54, 1.807) is 13.3 Å². The molecule has 2 aromatic rings. The van der Waals surface area contributed by atoms with Crippen LogP contribution in [0.1, 0.15) is 11.3 Å². The maximum atomic E-state index is 12.1. The summed E-state index contributed by atoms with van der Waals surface area (Å²) < 4.78 is 12.1. The maximum absolute atomic E-state index is 12.1. The van der Waals surface area contributed by atoms with Crippen LogP contribution in [0.15, 0.2) is 12.1 Å². The second kappa shape index (κ2) is 3.21. The predicted octanol–water partition coefficient (Wildman–Crippen LogP) is 2.43. The Labute approximate surface area is 89.3 Å². The molecule has 0 unspecified atom stereocenters. The summed E-state index contributed by atoms with van der Waals surface area (Å²) in [7, 11) is -2.20. The molecule has 0 aliphatic carbocycles. The standard InChI is InChI=1S/C11H15N2OP/c1-7-5-10-9(8(2)12-13-10)6-11(7)15(3,4)14/h5-6H,1-4H3,(H,12,13). The second-order valence-electron chi connectivity index (χ2n) is 4.36. The maximum Gasteiger partial charge on any atom is 0.110 e. The van der Waals surface area contributed by atoms with Gasteiger partial charge in [-0.3, -0.25) is 5.10 Å². The first kappa shape index (κ1) is 10.4. The zero-order valence-corrected chi connectivity index (χ0v) is 10.4. The summed E-state index contributed by atoms with van der Waals surface area (Å²) in [4.78, 5) is 0. The minimum Gasteiger partial charge on any atom is -0.319 e. The molecule has 0 saturated heterocycles. The van der Waals surface area contributed by atoms with Crippen LogP contribution >= 0.6 is 7.14 Å². The lowest BCUT2D eigenvalue weighted by Gasteiger charge is -2.10. The molecule has 2 rings (SSSR count). The summed E-state index contributed by atoms with van der Waals surface area (Å²) in [6, 6.07) is 4.00. The van der Waals surface area contributed by atoms with E-state index in [-0.39, 0.29) is 0 Å². The number of hydrogen-bond acceptors (Lipinski definition) is 2. The highest BCUT2D eigenvalue weighted by molar-refractivity contribution is 7.70. The van der Waals surface area contributed by atoms with Crippen LogP contribution in [0.4, 0.5) is 0 Å². The normalized spacial score (nSPS) is 12.3. The van der Waals surface area contributed by atoms with Gasteiger partial charge in [-0.25, -0.2) is 0 Å². The van der Waals surface area contributed by atoms with Gasteiger partial charge >= 0.3 is 0 Å². The number of benzene rings is 1. The molecule has 0 aliphatic rings. The van der Waals surface area contributed by atoms with E-state index in [4.69, 9.17) is 0 Å². The SMILES string of the molecule is Cc1cc2n[nH]c(C)c2cc1P(C)(C)=O. The van der Waals surface area contributed by atoms with E-state index in [1.807, 2.05) is 26.0 Å². The van der Waals surface area contributed by atoms with Crippen molar-refractivity contribution in [1.29, 1.82) is 0 Å². The Kier molecular flexibility index (Phi) is 2.23. The Hall–Kier alpha value is -1.08. The van der Waals surface area contributed by atoms with Gasteiger partial charge in [0.15, 0.2) is 0 Å². The van der Waals surface area contributed by atoms with E-state index in [9.17, 15) is 4.57 Å². The average molecular weight is 222 g/mol. The molecule has 0 aliphatic heterocycles. The van der Waals surface area contributed by atoms with E-state index in [1.165, 1.54) is 0 Å². The fraction of sp³-hybridized carbons (Fsp3) is 0.364. The molecule has 1 heterocycles. The summed E-state index contributed by atoms with van der Waals surface area (Å²) in [5.74, 6) is 0. The molecule has 80 valence electrons. The summed E-state index contributed by atoms with van der Waals surface area (Å²) in [6.07, 6.45) is 0. The van der Waals surface area contributed by atoms with Crippen LogP contribution in [0.5, 0.6) is 0 Å². The van der Waals surface area contributed by atoms with Crippen LogP contribution in [-0.4, -0.2) is 23.5 Å². The summed E-state index contributed by atoms with van der Waals surface area (Å²) in [5, 5.41) is 9.16. The second-order valence-corrected chi connectivity index (χ2v) is 7.54. The molecule has 0 atom stereocenters. The molecule has 15 heavy (non-hydrogen) atoms. The van der Waals surface area contributed by atoms with Crippen molar-refractivity contribution in [3.05, 3.63) is 23.4 Å². The molecule has 0 saturated carbocycles. The largest absolute Gasteiger partial charge is 0.319 e. The van der Waals surface area contributed by atoms with Crippen molar-refractivity contribution in [1.82, 2.24) is 10.2 Å². The smallest absolute Gasteiger partial charge is 0.110 e. The fourth-order valence-corrected chi connectivity index (χ4v) is 3.21. The van der Waals surface area contributed by atoms with Crippen molar-refractivity contribution >= 4 is 23.3 Å². The summed E-state index contributed by atoms with van der Waals surface area (Å²) in [5.41, 5.74) is 3.03. The van der Waals surface area contributed by atoms with Gasteiger partial charge < -0.3 is 4.57 Å². The topological polar surface area (TPSA) is 45.8 Å². The lowest BCUT2D eigenvalue weighted by Crippen LogP contribution is -2.07. The number of aromatic nitrogens is 2. The van der Waals surface area contributed by atoms with Gasteiger partial charge in [0, 0.05) is 16.4 Å².